The highest BCUT2D eigenvalue weighted by Crippen LogP contribution is 2.28. The highest BCUT2D eigenvalue weighted by molar-refractivity contribution is 9.10. The lowest BCUT2D eigenvalue weighted by molar-refractivity contribution is 0.245. The number of aromatic hydroxyl groups is 1. The summed E-state index contributed by atoms with van der Waals surface area (Å²) < 4.78 is 0.769. The molecule has 0 amide bonds. The van der Waals surface area contributed by atoms with E-state index in [4.69, 9.17) is 0 Å². The van der Waals surface area contributed by atoms with Gasteiger partial charge in [0.1, 0.15) is 5.75 Å². The molecule has 0 aromatic heterocycles. The Balaban J connectivity index is 2.74. The second kappa shape index (κ2) is 6.26. The van der Waals surface area contributed by atoms with Crippen LogP contribution in [0.2, 0.25) is 0 Å². The number of hydrogen-bond acceptors (Lipinski definition) is 2. The number of benzene rings is 1. The summed E-state index contributed by atoms with van der Waals surface area (Å²) in [5.74, 6) is 1.01. The summed E-state index contributed by atoms with van der Waals surface area (Å²) in [6.45, 7) is 9.44. The van der Waals surface area contributed by atoms with E-state index in [1.807, 2.05) is 18.2 Å². The van der Waals surface area contributed by atoms with Gasteiger partial charge in [-0.05, 0) is 34.5 Å². The van der Waals surface area contributed by atoms with E-state index in [1.165, 1.54) is 0 Å². The molecule has 1 aromatic rings. The van der Waals surface area contributed by atoms with Crippen LogP contribution in [0.4, 0.5) is 0 Å². The van der Waals surface area contributed by atoms with Crippen molar-refractivity contribution in [3.8, 4) is 5.75 Å². The van der Waals surface area contributed by atoms with Crippen LogP contribution in [0.5, 0.6) is 5.75 Å². The predicted molar refractivity (Wildman–Crippen MR) is 71.6 cm³/mol. The summed E-state index contributed by atoms with van der Waals surface area (Å²) in [5, 5.41) is 9.90. The van der Waals surface area contributed by atoms with Crippen LogP contribution in [0, 0.1) is 5.92 Å². The van der Waals surface area contributed by atoms with Crippen molar-refractivity contribution in [3.05, 3.63) is 28.2 Å². The van der Waals surface area contributed by atoms with Gasteiger partial charge in [0.2, 0.25) is 0 Å². The first kappa shape index (κ1) is 13.5. The Morgan fingerprint density at radius 3 is 2.62 bits per heavy atom. The normalized spacial score (nSPS) is 11.4. The molecule has 3 heteroatoms. The van der Waals surface area contributed by atoms with Crippen molar-refractivity contribution in [2.75, 3.05) is 13.1 Å². The molecule has 0 atom stereocenters. The molecule has 1 N–H and O–H groups in total. The Bertz CT molecular complexity index is 339. The minimum atomic E-state index is 0.365. The van der Waals surface area contributed by atoms with Gasteiger partial charge in [0.15, 0.2) is 0 Å². The zero-order valence-electron chi connectivity index (χ0n) is 10.2. The molecule has 1 aromatic carbocycles. The first-order valence-electron chi connectivity index (χ1n) is 5.73. The Labute approximate surface area is 106 Å². The van der Waals surface area contributed by atoms with Crippen LogP contribution in [0.25, 0.3) is 0 Å². The van der Waals surface area contributed by atoms with Crippen molar-refractivity contribution in [1.29, 1.82) is 0 Å². The van der Waals surface area contributed by atoms with Crippen LogP contribution >= 0.6 is 15.9 Å². The number of nitrogens with zero attached hydrogens (tertiary/aromatic N) is 1. The van der Waals surface area contributed by atoms with Crippen LogP contribution in [-0.2, 0) is 6.54 Å². The highest BCUT2D eigenvalue weighted by Gasteiger charge is 2.10. The summed E-state index contributed by atoms with van der Waals surface area (Å²) in [5.41, 5.74) is 0.983. The fourth-order valence-corrected chi connectivity index (χ4v) is 2.16. The summed E-state index contributed by atoms with van der Waals surface area (Å²) in [6.07, 6.45) is 0. The number of phenols is 1. The van der Waals surface area contributed by atoms with Crippen LogP contribution in [0.15, 0.2) is 22.7 Å². The molecular weight excluding hydrogens is 266 g/mol. The van der Waals surface area contributed by atoms with Gasteiger partial charge >= 0.3 is 0 Å². The fraction of sp³-hybridized carbons (Fsp3) is 0.538. The number of phenolic OH excluding ortho intramolecular Hbond substituents is 1. The maximum Gasteiger partial charge on any atom is 0.134 e. The van der Waals surface area contributed by atoms with Gasteiger partial charge in [0.25, 0.3) is 0 Å². The smallest absolute Gasteiger partial charge is 0.134 e. The summed E-state index contributed by atoms with van der Waals surface area (Å²) >= 11 is 3.34. The lowest BCUT2D eigenvalue weighted by Gasteiger charge is -2.23. The van der Waals surface area contributed by atoms with E-state index in [0.29, 0.717) is 11.7 Å². The standard InChI is InChI=1S/C13H20BrNO/c1-4-15(8-10(2)3)9-11-6-5-7-12(14)13(11)16/h5-7,10,16H,4,8-9H2,1-3H3. The first-order chi connectivity index (χ1) is 7.54. The Morgan fingerprint density at radius 1 is 1.38 bits per heavy atom. The highest BCUT2D eigenvalue weighted by atomic mass is 79.9. The molecule has 0 aliphatic heterocycles. The topological polar surface area (TPSA) is 23.5 Å². The molecule has 0 heterocycles. The second-order valence-electron chi connectivity index (χ2n) is 4.47. The first-order valence-corrected chi connectivity index (χ1v) is 6.52. The average Bonchev–Trinajstić information content (AvgIpc) is 2.23. The molecule has 1 rings (SSSR count). The van der Waals surface area contributed by atoms with Gasteiger partial charge in [-0.25, -0.2) is 0 Å². The third kappa shape index (κ3) is 3.80. The molecule has 0 spiro atoms. The van der Waals surface area contributed by atoms with Crippen LogP contribution in [-0.4, -0.2) is 23.1 Å². The van der Waals surface area contributed by atoms with E-state index in [0.717, 1.165) is 29.7 Å². The second-order valence-corrected chi connectivity index (χ2v) is 5.32. The van der Waals surface area contributed by atoms with Crippen LogP contribution in [0.3, 0.4) is 0 Å². The fourth-order valence-electron chi connectivity index (χ4n) is 1.75. The van der Waals surface area contributed by atoms with Gasteiger partial charge in [0, 0.05) is 18.7 Å². The molecule has 0 saturated heterocycles. The molecule has 0 aliphatic rings. The van der Waals surface area contributed by atoms with Crippen molar-refractivity contribution < 1.29 is 5.11 Å². The average molecular weight is 286 g/mol. The van der Waals surface area contributed by atoms with E-state index in [1.54, 1.807) is 0 Å². The minimum absolute atomic E-state index is 0.365. The maximum atomic E-state index is 9.90. The van der Waals surface area contributed by atoms with E-state index in [9.17, 15) is 5.11 Å². The van der Waals surface area contributed by atoms with Crippen LogP contribution in [0.1, 0.15) is 26.3 Å². The van der Waals surface area contributed by atoms with Crippen molar-refractivity contribution in [3.63, 3.8) is 0 Å². The monoisotopic (exact) mass is 285 g/mol. The van der Waals surface area contributed by atoms with Crippen molar-refractivity contribution in [2.45, 2.75) is 27.3 Å². The molecule has 0 saturated carbocycles. The third-order valence-corrected chi connectivity index (χ3v) is 3.17. The summed E-state index contributed by atoms with van der Waals surface area (Å²) in [7, 11) is 0. The molecule has 0 fully saturated rings. The Morgan fingerprint density at radius 2 is 2.06 bits per heavy atom. The van der Waals surface area contributed by atoms with Gasteiger partial charge in [-0.1, -0.05) is 32.9 Å². The molecule has 2 nitrogen and oxygen atoms in total. The zero-order chi connectivity index (χ0) is 12.1. The molecule has 0 unspecified atom stereocenters. The SMILES string of the molecule is CCN(Cc1cccc(Br)c1O)CC(C)C. The molecule has 16 heavy (non-hydrogen) atoms. The molecule has 0 bridgehead atoms. The molecular formula is C13H20BrNO. The lowest BCUT2D eigenvalue weighted by Crippen LogP contribution is -2.27. The molecule has 0 radical (unpaired) electrons. The van der Waals surface area contributed by atoms with E-state index < -0.39 is 0 Å². The van der Waals surface area contributed by atoms with E-state index in [2.05, 4.69) is 41.6 Å². The Hall–Kier alpha value is -0.540. The quantitative estimate of drug-likeness (QED) is 0.893. The zero-order valence-corrected chi connectivity index (χ0v) is 11.8. The summed E-state index contributed by atoms with van der Waals surface area (Å²) in [6, 6.07) is 5.79. The predicted octanol–water partition coefficient (Wildman–Crippen LogP) is 3.63. The van der Waals surface area contributed by atoms with Crippen LogP contribution < -0.4 is 0 Å². The number of rotatable bonds is 5. The van der Waals surface area contributed by atoms with Gasteiger partial charge < -0.3 is 5.11 Å². The summed E-state index contributed by atoms with van der Waals surface area (Å²) in [4.78, 5) is 2.34. The number of halogens is 1. The third-order valence-electron chi connectivity index (χ3n) is 2.53. The van der Waals surface area contributed by atoms with Gasteiger partial charge in [-0.2, -0.15) is 0 Å². The van der Waals surface area contributed by atoms with Gasteiger partial charge in [-0.15, -0.1) is 0 Å². The molecule has 90 valence electrons. The van der Waals surface area contributed by atoms with Gasteiger partial charge in [-0.3, -0.25) is 4.90 Å². The van der Waals surface area contributed by atoms with Crippen molar-refractivity contribution >= 4 is 15.9 Å². The van der Waals surface area contributed by atoms with Crippen molar-refractivity contribution in [1.82, 2.24) is 4.90 Å². The molecule has 0 aliphatic carbocycles. The number of hydrogen-bond donors (Lipinski definition) is 1. The van der Waals surface area contributed by atoms with E-state index in [-0.39, 0.29) is 0 Å². The maximum absolute atomic E-state index is 9.90. The van der Waals surface area contributed by atoms with E-state index >= 15 is 0 Å². The van der Waals surface area contributed by atoms with Crippen molar-refractivity contribution in [2.24, 2.45) is 5.92 Å². The number of para-hydroxylation sites is 1. The van der Waals surface area contributed by atoms with Gasteiger partial charge in [0.05, 0.1) is 4.47 Å². The minimum Gasteiger partial charge on any atom is -0.506 e. The Kier molecular flexibility index (Phi) is 5.29. The largest absolute Gasteiger partial charge is 0.506 e. The lowest BCUT2D eigenvalue weighted by atomic mass is 10.1.